The summed E-state index contributed by atoms with van der Waals surface area (Å²) in [6.07, 6.45) is 3.74. The Labute approximate surface area is 97.1 Å². The average Bonchev–Trinajstić information content (AvgIpc) is 1.85. The number of hydrogen-bond acceptors (Lipinski definition) is 1. The van der Waals surface area contributed by atoms with E-state index in [0.717, 1.165) is 4.47 Å². The maximum Gasteiger partial charge on any atom is 0.206 e. The van der Waals surface area contributed by atoms with Crippen molar-refractivity contribution in [2.75, 3.05) is 0 Å². The molecule has 0 aliphatic carbocycles. The van der Waals surface area contributed by atoms with Gasteiger partial charge in [0, 0.05) is 13.0 Å². The smallest absolute Gasteiger partial charge is 0.206 e. The summed E-state index contributed by atoms with van der Waals surface area (Å²) >= 11 is 3.32. The Morgan fingerprint density at radius 3 is 2.83 bits per heavy atom. The molecule has 12 heavy (non-hydrogen) atoms. The van der Waals surface area contributed by atoms with Gasteiger partial charge in [0.05, 0.1) is 4.47 Å². The molecular formula is C8H9BrINO. The SMILES string of the molecule is CC(=O)C[n+]1cccc(Br)c1.[I-]. The van der Waals surface area contributed by atoms with E-state index in [-0.39, 0.29) is 29.8 Å². The van der Waals surface area contributed by atoms with Crippen LogP contribution in [0.15, 0.2) is 29.0 Å². The first-order chi connectivity index (χ1) is 5.18. The highest BCUT2D eigenvalue weighted by atomic mass is 127. The van der Waals surface area contributed by atoms with Gasteiger partial charge >= 0.3 is 0 Å². The van der Waals surface area contributed by atoms with Gasteiger partial charge in [-0.15, -0.1) is 0 Å². The maximum atomic E-state index is 10.7. The van der Waals surface area contributed by atoms with E-state index in [1.807, 2.05) is 29.1 Å². The van der Waals surface area contributed by atoms with Crippen molar-refractivity contribution >= 4 is 21.7 Å². The minimum Gasteiger partial charge on any atom is -1.00 e. The van der Waals surface area contributed by atoms with Crippen LogP contribution in [0.1, 0.15) is 6.92 Å². The van der Waals surface area contributed by atoms with Crippen LogP contribution in [-0.4, -0.2) is 5.78 Å². The summed E-state index contributed by atoms with van der Waals surface area (Å²) in [6, 6.07) is 3.82. The number of nitrogens with zero attached hydrogens (tertiary/aromatic N) is 1. The van der Waals surface area contributed by atoms with Gasteiger partial charge in [0.1, 0.15) is 0 Å². The van der Waals surface area contributed by atoms with Gasteiger partial charge < -0.3 is 24.0 Å². The molecule has 1 aromatic heterocycles. The third-order valence-electron chi connectivity index (χ3n) is 1.23. The van der Waals surface area contributed by atoms with Crippen molar-refractivity contribution in [2.24, 2.45) is 0 Å². The van der Waals surface area contributed by atoms with Crippen LogP contribution < -0.4 is 28.5 Å². The van der Waals surface area contributed by atoms with Gasteiger partial charge in [-0.1, -0.05) is 0 Å². The van der Waals surface area contributed by atoms with Crippen LogP contribution in [-0.2, 0) is 11.3 Å². The molecule has 1 rings (SSSR count). The number of carbonyl (C=O) groups is 1. The first kappa shape index (κ1) is 12.0. The topological polar surface area (TPSA) is 20.9 Å². The molecule has 4 heteroatoms. The number of ketones is 1. The van der Waals surface area contributed by atoms with Crippen molar-refractivity contribution in [1.82, 2.24) is 0 Å². The van der Waals surface area contributed by atoms with Crippen molar-refractivity contribution in [1.29, 1.82) is 0 Å². The molecule has 0 aliphatic heterocycles. The Morgan fingerprint density at radius 2 is 2.33 bits per heavy atom. The fraction of sp³-hybridized carbons (Fsp3) is 0.250. The Morgan fingerprint density at radius 1 is 1.67 bits per heavy atom. The van der Waals surface area contributed by atoms with Gasteiger partial charge in [0.25, 0.3) is 0 Å². The molecule has 1 aromatic rings. The minimum absolute atomic E-state index is 0. The standard InChI is InChI=1S/C8H9BrNO.HI/c1-7(11)5-10-4-2-3-8(9)6-10;/h2-4,6H,5H2,1H3;1H/q+1;/p-1. The molecule has 0 unspecified atom stereocenters. The van der Waals surface area contributed by atoms with Gasteiger partial charge in [-0.3, -0.25) is 4.79 Å². The fourth-order valence-corrected chi connectivity index (χ4v) is 1.26. The summed E-state index contributed by atoms with van der Waals surface area (Å²) in [5.74, 6) is 0.160. The van der Waals surface area contributed by atoms with Gasteiger partial charge in [0.2, 0.25) is 6.54 Å². The van der Waals surface area contributed by atoms with Gasteiger partial charge in [-0.05, 0) is 22.0 Å². The maximum absolute atomic E-state index is 10.7. The summed E-state index contributed by atoms with van der Waals surface area (Å²) in [6.45, 7) is 2.02. The Kier molecular flexibility index (Phi) is 5.65. The largest absolute Gasteiger partial charge is 1.00 e. The third kappa shape index (κ3) is 4.15. The monoisotopic (exact) mass is 341 g/mol. The second-order valence-electron chi connectivity index (χ2n) is 2.40. The molecule has 0 bridgehead atoms. The van der Waals surface area contributed by atoms with E-state index in [1.165, 1.54) is 0 Å². The van der Waals surface area contributed by atoms with E-state index in [9.17, 15) is 4.79 Å². The number of pyridine rings is 1. The Bertz CT molecular complexity index is 278. The lowest BCUT2D eigenvalue weighted by Gasteiger charge is -1.91. The molecule has 0 radical (unpaired) electrons. The van der Waals surface area contributed by atoms with Gasteiger partial charge in [-0.25, -0.2) is 0 Å². The molecule has 0 saturated heterocycles. The summed E-state index contributed by atoms with van der Waals surface area (Å²) in [4.78, 5) is 10.7. The van der Waals surface area contributed by atoms with Crippen LogP contribution >= 0.6 is 15.9 Å². The molecule has 0 amide bonds. The molecule has 1 heterocycles. The molecule has 2 nitrogen and oxygen atoms in total. The van der Waals surface area contributed by atoms with E-state index < -0.39 is 0 Å². The number of carbonyl (C=O) groups excluding carboxylic acids is 1. The van der Waals surface area contributed by atoms with Crippen LogP contribution in [0.2, 0.25) is 0 Å². The predicted molar refractivity (Wildman–Crippen MR) is 45.0 cm³/mol. The molecule has 0 aromatic carbocycles. The molecule has 0 fully saturated rings. The normalized spacial score (nSPS) is 8.83. The summed E-state index contributed by atoms with van der Waals surface area (Å²) in [7, 11) is 0. The van der Waals surface area contributed by atoms with Crippen molar-refractivity contribution in [3.8, 4) is 0 Å². The zero-order valence-corrected chi connectivity index (χ0v) is 10.4. The van der Waals surface area contributed by atoms with E-state index in [2.05, 4.69) is 15.9 Å². The van der Waals surface area contributed by atoms with E-state index in [4.69, 9.17) is 0 Å². The zero-order chi connectivity index (χ0) is 8.27. The Hall–Kier alpha value is 0.0300. The lowest BCUT2D eigenvalue weighted by Crippen LogP contribution is -3.00. The third-order valence-corrected chi connectivity index (χ3v) is 1.70. The van der Waals surface area contributed by atoms with Crippen LogP contribution in [0.25, 0.3) is 0 Å². The molecule has 0 aliphatic rings. The second kappa shape index (κ2) is 5.64. The highest BCUT2D eigenvalue weighted by Crippen LogP contribution is 2.02. The quantitative estimate of drug-likeness (QED) is 0.465. The predicted octanol–water partition coefficient (Wildman–Crippen LogP) is -1.67. The van der Waals surface area contributed by atoms with Crippen LogP contribution in [0.4, 0.5) is 0 Å². The molecular weight excluding hydrogens is 333 g/mol. The van der Waals surface area contributed by atoms with Crippen molar-refractivity contribution in [3.05, 3.63) is 29.0 Å². The van der Waals surface area contributed by atoms with Crippen LogP contribution in [0, 0.1) is 0 Å². The molecule has 0 N–H and O–H groups in total. The second-order valence-corrected chi connectivity index (χ2v) is 3.31. The number of halogens is 2. The molecule has 0 atom stereocenters. The number of rotatable bonds is 2. The highest BCUT2D eigenvalue weighted by molar-refractivity contribution is 9.10. The fourth-order valence-electron chi connectivity index (χ4n) is 0.845. The molecule has 0 saturated carbocycles. The first-order valence-electron chi connectivity index (χ1n) is 3.32. The molecule has 0 spiro atoms. The Balaban J connectivity index is 0.00000121. The van der Waals surface area contributed by atoms with Gasteiger partial charge in [-0.2, -0.15) is 4.57 Å². The van der Waals surface area contributed by atoms with Crippen LogP contribution in [0.5, 0.6) is 0 Å². The lowest BCUT2D eigenvalue weighted by molar-refractivity contribution is -0.684. The van der Waals surface area contributed by atoms with Gasteiger partial charge in [0.15, 0.2) is 18.2 Å². The summed E-state index contributed by atoms with van der Waals surface area (Å²) in [5.41, 5.74) is 0. The zero-order valence-electron chi connectivity index (χ0n) is 6.63. The minimum atomic E-state index is 0. The lowest BCUT2D eigenvalue weighted by atomic mass is 10.4. The van der Waals surface area contributed by atoms with Crippen molar-refractivity contribution < 1.29 is 33.3 Å². The first-order valence-corrected chi connectivity index (χ1v) is 4.12. The van der Waals surface area contributed by atoms with Crippen molar-refractivity contribution in [2.45, 2.75) is 13.5 Å². The highest BCUT2D eigenvalue weighted by Gasteiger charge is 2.02. The van der Waals surface area contributed by atoms with E-state index in [0.29, 0.717) is 6.54 Å². The number of hydrogen-bond donors (Lipinski definition) is 0. The van der Waals surface area contributed by atoms with E-state index in [1.54, 1.807) is 6.92 Å². The number of aromatic nitrogens is 1. The van der Waals surface area contributed by atoms with Crippen LogP contribution in [0.3, 0.4) is 0 Å². The van der Waals surface area contributed by atoms with E-state index >= 15 is 0 Å². The summed E-state index contributed by atoms with van der Waals surface area (Å²) in [5, 5.41) is 0. The molecule has 66 valence electrons. The summed E-state index contributed by atoms with van der Waals surface area (Å²) < 4.78 is 2.83. The average molecular weight is 342 g/mol. The number of Topliss-reactive ketones (excluding diaryl/α,β-unsaturated/α-hetero) is 1. The van der Waals surface area contributed by atoms with Crippen molar-refractivity contribution in [3.63, 3.8) is 0 Å².